The minimum atomic E-state index is 0.431. The minimum Gasteiger partial charge on any atom is -0.291 e. The van der Waals surface area contributed by atoms with Gasteiger partial charge in [0.05, 0.1) is 6.17 Å². The van der Waals surface area contributed by atoms with Gasteiger partial charge >= 0.3 is 0 Å². The highest BCUT2D eigenvalue weighted by Gasteiger charge is 2.05. The summed E-state index contributed by atoms with van der Waals surface area (Å²) in [5, 5.41) is 3.24. The van der Waals surface area contributed by atoms with Crippen molar-refractivity contribution in [2.45, 2.75) is 25.9 Å². The molecule has 0 radical (unpaired) electrons. The molecule has 2 nitrogen and oxygen atoms in total. The van der Waals surface area contributed by atoms with Crippen molar-refractivity contribution in [1.82, 2.24) is 5.32 Å². The third-order valence-electron chi connectivity index (χ3n) is 1.29. The molecule has 46 valence electrons. The molecule has 2 heteroatoms. The number of aliphatic imine (C=N–C) groups is 1. The van der Waals surface area contributed by atoms with Crippen LogP contribution in [0.25, 0.3) is 0 Å². The van der Waals surface area contributed by atoms with Gasteiger partial charge in [-0.15, -0.1) is 0 Å². The summed E-state index contributed by atoms with van der Waals surface area (Å²) in [6.45, 7) is 3.14. The molecule has 1 heterocycles. The predicted octanol–water partition coefficient (Wildman–Crippen LogP) is 0.787. The zero-order valence-electron chi connectivity index (χ0n) is 5.22. The summed E-state index contributed by atoms with van der Waals surface area (Å²) in [6, 6.07) is 0. The predicted molar refractivity (Wildman–Crippen MR) is 35.2 cm³/mol. The van der Waals surface area contributed by atoms with Crippen LogP contribution in [0.5, 0.6) is 0 Å². The summed E-state index contributed by atoms with van der Waals surface area (Å²) < 4.78 is 0. The SMILES string of the molecule is CCCC1N=CCN1. The van der Waals surface area contributed by atoms with Gasteiger partial charge in [-0.3, -0.25) is 10.3 Å². The molecular weight excluding hydrogens is 100 g/mol. The van der Waals surface area contributed by atoms with E-state index in [4.69, 9.17) is 0 Å². The molecule has 0 bridgehead atoms. The fourth-order valence-electron chi connectivity index (χ4n) is 0.871. The van der Waals surface area contributed by atoms with Crippen molar-refractivity contribution in [1.29, 1.82) is 0 Å². The quantitative estimate of drug-likeness (QED) is 0.561. The van der Waals surface area contributed by atoms with Crippen LogP contribution >= 0.6 is 0 Å². The highest BCUT2D eigenvalue weighted by Crippen LogP contribution is 1.99. The highest BCUT2D eigenvalue weighted by atomic mass is 15.1. The van der Waals surface area contributed by atoms with Crippen LogP contribution in [0.2, 0.25) is 0 Å². The number of hydrogen-bond donors (Lipinski definition) is 1. The fraction of sp³-hybridized carbons (Fsp3) is 0.833. The Morgan fingerprint density at radius 1 is 1.88 bits per heavy atom. The topological polar surface area (TPSA) is 24.4 Å². The van der Waals surface area contributed by atoms with Crippen molar-refractivity contribution in [3.63, 3.8) is 0 Å². The number of nitrogens with zero attached hydrogens (tertiary/aromatic N) is 1. The van der Waals surface area contributed by atoms with Gasteiger partial charge in [-0.25, -0.2) is 0 Å². The number of hydrogen-bond acceptors (Lipinski definition) is 2. The van der Waals surface area contributed by atoms with E-state index in [0.717, 1.165) is 6.54 Å². The van der Waals surface area contributed by atoms with Crippen LogP contribution < -0.4 is 5.32 Å². The Labute approximate surface area is 50.0 Å². The molecule has 1 aliphatic heterocycles. The first kappa shape index (κ1) is 5.76. The molecule has 0 saturated heterocycles. The summed E-state index contributed by atoms with van der Waals surface area (Å²) in [5.41, 5.74) is 0. The molecule has 1 aliphatic rings. The minimum absolute atomic E-state index is 0.431. The molecule has 0 aromatic rings. The zero-order valence-corrected chi connectivity index (χ0v) is 5.22. The fourth-order valence-corrected chi connectivity index (χ4v) is 0.871. The van der Waals surface area contributed by atoms with Gasteiger partial charge < -0.3 is 0 Å². The van der Waals surface area contributed by atoms with Crippen molar-refractivity contribution in [2.75, 3.05) is 6.54 Å². The molecule has 0 amide bonds. The van der Waals surface area contributed by atoms with Crippen LogP contribution in [0, 0.1) is 0 Å². The second kappa shape index (κ2) is 2.82. The second-order valence-electron chi connectivity index (χ2n) is 2.04. The first-order chi connectivity index (χ1) is 3.93. The van der Waals surface area contributed by atoms with E-state index in [0.29, 0.717) is 6.17 Å². The normalized spacial score (nSPS) is 26.9. The number of rotatable bonds is 2. The molecule has 8 heavy (non-hydrogen) atoms. The molecular formula is C6H12N2. The van der Waals surface area contributed by atoms with Gasteiger partial charge in [0.25, 0.3) is 0 Å². The third kappa shape index (κ3) is 1.30. The van der Waals surface area contributed by atoms with Crippen molar-refractivity contribution < 1.29 is 0 Å². The van der Waals surface area contributed by atoms with Crippen molar-refractivity contribution in [2.24, 2.45) is 4.99 Å². The van der Waals surface area contributed by atoms with E-state index >= 15 is 0 Å². The van der Waals surface area contributed by atoms with Gasteiger partial charge in [0.1, 0.15) is 0 Å². The van der Waals surface area contributed by atoms with Crippen LogP contribution in [-0.4, -0.2) is 18.9 Å². The second-order valence-corrected chi connectivity index (χ2v) is 2.04. The van der Waals surface area contributed by atoms with E-state index in [1.807, 2.05) is 6.21 Å². The van der Waals surface area contributed by atoms with Crippen LogP contribution in [0.3, 0.4) is 0 Å². The molecule has 1 unspecified atom stereocenters. The Morgan fingerprint density at radius 2 is 2.75 bits per heavy atom. The van der Waals surface area contributed by atoms with Crippen LogP contribution in [-0.2, 0) is 0 Å². The van der Waals surface area contributed by atoms with Crippen molar-refractivity contribution in [3.05, 3.63) is 0 Å². The van der Waals surface area contributed by atoms with Crippen molar-refractivity contribution in [3.8, 4) is 0 Å². The molecule has 0 aromatic carbocycles. The van der Waals surface area contributed by atoms with E-state index in [1.165, 1.54) is 12.8 Å². The van der Waals surface area contributed by atoms with E-state index in [1.54, 1.807) is 0 Å². The third-order valence-corrected chi connectivity index (χ3v) is 1.29. The average Bonchev–Trinajstić information content (AvgIpc) is 2.19. The maximum absolute atomic E-state index is 4.19. The van der Waals surface area contributed by atoms with Crippen LogP contribution in [0.4, 0.5) is 0 Å². The highest BCUT2D eigenvalue weighted by molar-refractivity contribution is 5.61. The Morgan fingerprint density at radius 3 is 3.25 bits per heavy atom. The molecule has 1 N–H and O–H groups in total. The zero-order chi connectivity index (χ0) is 5.82. The molecule has 0 aliphatic carbocycles. The first-order valence-corrected chi connectivity index (χ1v) is 3.18. The molecule has 1 rings (SSSR count). The van der Waals surface area contributed by atoms with Gasteiger partial charge in [0.2, 0.25) is 0 Å². The van der Waals surface area contributed by atoms with Gasteiger partial charge in [0.15, 0.2) is 0 Å². The Hall–Kier alpha value is -0.370. The molecule has 1 atom stereocenters. The molecule has 0 spiro atoms. The van der Waals surface area contributed by atoms with Crippen LogP contribution in [0.15, 0.2) is 4.99 Å². The van der Waals surface area contributed by atoms with E-state index in [-0.39, 0.29) is 0 Å². The van der Waals surface area contributed by atoms with Gasteiger partial charge in [0, 0.05) is 12.8 Å². The summed E-state index contributed by atoms with van der Waals surface area (Å²) in [7, 11) is 0. The lowest BCUT2D eigenvalue weighted by atomic mass is 10.3. The van der Waals surface area contributed by atoms with Gasteiger partial charge in [-0.2, -0.15) is 0 Å². The number of nitrogens with one attached hydrogen (secondary N) is 1. The maximum Gasteiger partial charge on any atom is 0.0993 e. The Kier molecular flexibility index (Phi) is 2.03. The van der Waals surface area contributed by atoms with Gasteiger partial charge in [-0.1, -0.05) is 13.3 Å². The lowest BCUT2D eigenvalue weighted by Crippen LogP contribution is -2.21. The van der Waals surface area contributed by atoms with E-state index in [2.05, 4.69) is 17.2 Å². The van der Waals surface area contributed by atoms with Crippen molar-refractivity contribution >= 4 is 6.21 Å². The Balaban J connectivity index is 2.16. The van der Waals surface area contributed by atoms with Crippen LogP contribution in [0.1, 0.15) is 19.8 Å². The largest absolute Gasteiger partial charge is 0.291 e. The summed E-state index contributed by atoms with van der Waals surface area (Å²) in [5.74, 6) is 0. The summed E-state index contributed by atoms with van der Waals surface area (Å²) >= 11 is 0. The lowest BCUT2D eigenvalue weighted by molar-refractivity contribution is 0.551. The average molecular weight is 112 g/mol. The van der Waals surface area contributed by atoms with E-state index in [9.17, 15) is 0 Å². The Bertz CT molecular complexity index is 88.5. The molecule has 0 fully saturated rings. The molecule has 0 saturated carbocycles. The standard InChI is InChI=1S/C6H12N2/c1-2-3-6-7-4-5-8-6/h4,6,8H,2-3,5H2,1H3. The van der Waals surface area contributed by atoms with Gasteiger partial charge in [-0.05, 0) is 6.42 Å². The maximum atomic E-state index is 4.19. The first-order valence-electron chi connectivity index (χ1n) is 3.18. The summed E-state index contributed by atoms with van der Waals surface area (Å²) in [4.78, 5) is 4.19. The summed E-state index contributed by atoms with van der Waals surface area (Å²) in [6.07, 6.45) is 4.77. The molecule has 0 aromatic heterocycles. The monoisotopic (exact) mass is 112 g/mol. The lowest BCUT2D eigenvalue weighted by Gasteiger charge is -2.03. The smallest absolute Gasteiger partial charge is 0.0993 e. The van der Waals surface area contributed by atoms with E-state index < -0.39 is 0 Å².